The number of furan rings is 1. The van der Waals surface area contributed by atoms with Gasteiger partial charge in [0, 0.05) is 5.56 Å². The molecule has 0 spiro atoms. The Morgan fingerprint density at radius 3 is 2.25 bits per heavy atom. The van der Waals surface area contributed by atoms with Crippen LogP contribution in [0.3, 0.4) is 0 Å². The smallest absolute Gasteiger partial charge is 0.407 e. The van der Waals surface area contributed by atoms with Gasteiger partial charge < -0.3 is 15.9 Å². The van der Waals surface area contributed by atoms with Crippen LogP contribution in [0.4, 0.5) is 18.9 Å². The van der Waals surface area contributed by atoms with E-state index >= 15 is 0 Å². The Labute approximate surface area is 66.1 Å². The van der Waals surface area contributed by atoms with Gasteiger partial charge in [-0.2, -0.15) is 13.2 Å². The molecule has 12 heavy (non-hydrogen) atoms. The van der Waals surface area contributed by atoms with E-state index in [1.54, 1.807) is 0 Å². The van der Waals surface area contributed by atoms with Crippen molar-refractivity contribution in [2.75, 3.05) is 5.73 Å². The van der Waals surface area contributed by atoms with Crippen LogP contribution in [0.1, 0.15) is 11.6 Å². The first-order valence-corrected chi connectivity index (χ1v) is 3.07. The second-order valence-electron chi connectivity index (χ2n) is 2.30. The Kier molecular flexibility index (Phi) is 2.01. The molecule has 4 N–H and O–H groups in total. The van der Waals surface area contributed by atoms with Crippen LogP contribution in [0.2, 0.25) is 0 Å². The first kappa shape index (κ1) is 8.92. The van der Waals surface area contributed by atoms with Crippen molar-refractivity contribution in [2.24, 2.45) is 5.73 Å². The highest BCUT2D eigenvalue weighted by atomic mass is 19.4. The van der Waals surface area contributed by atoms with Crippen LogP contribution in [0.15, 0.2) is 16.9 Å². The summed E-state index contributed by atoms with van der Waals surface area (Å²) in [6, 6.07) is -2.07. The van der Waals surface area contributed by atoms with Crippen molar-refractivity contribution in [1.29, 1.82) is 0 Å². The summed E-state index contributed by atoms with van der Waals surface area (Å²) in [5.41, 5.74) is 9.70. The zero-order valence-electron chi connectivity index (χ0n) is 5.93. The predicted octanol–water partition coefficient (Wildman–Crippen LogP) is 1.42. The molecule has 3 nitrogen and oxygen atoms in total. The van der Waals surface area contributed by atoms with Crippen molar-refractivity contribution in [3.63, 3.8) is 0 Å². The van der Waals surface area contributed by atoms with Gasteiger partial charge in [0.15, 0.2) is 0 Å². The van der Waals surface area contributed by atoms with E-state index in [4.69, 9.17) is 11.5 Å². The molecule has 0 radical (unpaired) electrons. The highest BCUT2D eigenvalue weighted by molar-refractivity contribution is 5.45. The van der Waals surface area contributed by atoms with E-state index in [2.05, 4.69) is 4.42 Å². The molecule has 0 aliphatic carbocycles. The number of nitrogens with two attached hydrogens (primary N) is 2. The van der Waals surface area contributed by atoms with Gasteiger partial charge in [-0.3, -0.25) is 0 Å². The van der Waals surface area contributed by atoms with Crippen LogP contribution >= 0.6 is 0 Å². The molecule has 0 saturated heterocycles. The third-order valence-corrected chi connectivity index (χ3v) is 1.41. The van der Waals surface area contributed by atoms with Crippen LogP contribution in [0, 0.1) is 0 Å². The summed E-state index contributed by atoms with van der Waals surface area (Å²) >= 11 is 0. The normalized spacial score (nSPS) is 14.7. The minimum atomic E-state index is -4.49. The molecule has 1 heterocycles. The summed E-state index contributed by atoms with van der Waals surface area (Å²) < 4.78 is 40.4. The lowest BCUT2D eigenvalue weighted by atomic mass is 10.1. The Bertz CT molecular complexity index is 268. The van der Waals surface area contributed by atoms with E-state index in [-0.39, 0.29) is 11.3 Å². The third kappa shape index (κ3) is 1.53. The quantitative estimate of drug-likeness (QED) is 0.686. The van der Waals surface area contributed by atoms with E-state index in [0.717, 1.165) is 12.5 Å². The van der Waals surface area contributed by atoms with Gasteiger partial charge in [0.25, 0.3) is 0 Å². The molecule has 1 rings (SSSR count). The topological polar surface area (TPSA) is 65.2 Å². The third-order valence-electron chi connectivity index (χ3n) is 1.41. The molecule has 0 fully saturated rings. The molecule has 6 heteroatoms. The summed E-state index contributed by atoms with van der Waals surface area (Å²) in [5, 5.41) is 0. The molecule has 1 aromatic rings. The van der Waals surface area contributed by atoms with Crippen LogP contribution < -0.4 is 11.5 Å². The standard InChI is InChI=1S/C6H7F3N2O/c7-6(8,9)5(11)3-1-12-2-4(3)10/h1-2,5H,10-11H2/t5-/m0/s1. The molecule has 68 valence electrons. The van der Waals surface area contributed by atoms with Gasteiger partial charge in [-0.1, -0.05) is 0 Å². The summed E-state index contributed by atoms with van der Waals surface area (Å²) in [5.74, 6) is 0. The van der Waals surface area contributed by atoms with E-state index in [1.807, 2.05) is 0 Å². The van der Waals surface area contributed by atoms with E-state index < -0.39 is 12.2 Å². The molecule has 0 amide bonds. The lowest BCUT2D eigenvalue weighted by molar-refractivity contribution is -0.149. The van der Waals surface area contributed by atoms with Crippen LogP contribution in [-0.2, 0) is 0 Å². The molecule has 0 saturated carbocycles. The molecule has 1 aromatic heterocycles. The Hall–Kier alpha value is -1.17. The molecule has 0 aliphatic rings. The molecule has 0 unspecified atom stereocenters. The Morgan fingerprint density at radius 1 is 1.33 bits per heavy atom. The minimum Gasteiger partial charge on any atom is -0.470 e. The first-order valence-electron chi connectivity index (χ1n) is 3.07. The second kappa shape index (κ2) is 2.71. The maximum Gasteiger partial charge on any atom is 0.407 e. The van der Waals surface area contributed by atoms with Crippen molar-refractivity contribution in [3.8, 4) is 0 Å². The number of anilines is 1. The second-order valence-corrected chi connectivity index (χ2v) is 2.30. The number of hydrogen-bond donors (Lipinski definition) is 2. The van der Waals surface area contributed by atoms with Crippen LogP contribution in [-0.4, -0.2) is 6.18 Å². The van der Waals surface area contributed by atoms with Gasteiger partial charge >= 0.3 is 6.18 Å². The zero-order valence-corrected chi connectivity index (χ0v) is 5.93. The fourth-order valence-corrected chi connectivity index (χ4v) is 0.746. The maximum absolute atomic E-state index is 12.0. The van der Waals surface area contributed by atoms with Crippen LogP contribution in [0.5, 0.6) is 0 Å². The molecule has 0 aromatic carbocycles. The van der Waals surface area contributed by atoms with Crippen LogP contribution in [0.25, 0.3) is 0 Å². The Balaban J connectivity index is 2.92. The van der Waals surface area contributed by atoms with Gasteiger partial charge in [0.05, 0.1) is 12.0 Å². The number of alkyl halides is 3. The zero-order chi connectivity index (χ0) is 9.35. The molecule has 1 atom stereocenters. The minimum absolute atomic E-state index is 0.0835. The van der Waals surface area contributed by atoms with E-state index in [1.165, 1.54) is 0 Å². The monoisotopic (exact) mass is 180 g/mol. The maximum atomic E-state index is 12.0. The van der Waals surface area contributed by atoms with Gasteiger partial charge in [-0.15, -0.1) is 0 Å². The number of halogens is 3. The summed E-state index contributed by atoms with van der Waals surface area (Å²) in [6.07, 6.45) is -2.58. The largest absolute Gasteiger partial charge is 0.470 e. The molecule has 0 aliphatic heterocycles. The first-order chi connectivity index (χ1) is 5.43. The summed E-state index contributed by atoms with van der Waals surface area (Å²) in [6.45, 7) is 0. The highest BCUT2D eigenvalue weighted by Gasteiger charge is 2.39. The van der Waals surface area contributed by atoms with Crippen molar-refractivity contribution in [2.45, 2.75) is 12.2 Å². The number of hydrogen-bond acceptors (Lipinski definition) is 3. The van der Waals surface area contributed by atoms with Crippen molar-refractivity contribution < 1.29 is 17.6 Å². The van der Waals surface area contributed by atoms with Gasteiger partial charge in [0.2, 0.25) is 0 Å². The van der Waals surface area contributed by atoms with Gasteiger partial charge in [-0.25, -0.2) is 0 Å². The average molecular weight is 180 g/mol. The summed E-state index contributed by atoms with van der Waals surface area (Å²) in [7, 11) is 0. The average Bonchev–Trinajstić information content (AvgIpc) is 2.31. The van der Waals surface area contributed by atoms with Crippen molar-refractivity contribution in [1.82, 2.24) is 0 Å². The SMILES string of the molecule is Nc1cocc1[C@H](N)C(F)(F)F. The number of rotatable bonds is 1. The molecule has 0 bridgehead atoms. The lowest BCUT2D eigenvalue weighted by Gasteiger charge is -2.13. The fourth-order valence-electron chi connectivity index (χ4n) is 0.746. The highest BCUT2D eigenvalue weighted by Crippen LogP contribution is 2.33. The predicted molar refractivity (Wildman–Crippen MR) is 36.1 cm³/mol. The van der Waals surface area contributed by atoms with Crippen molar-refractivity contribution in [3.05, 3.63) is 18.1 Å². The van der Waals surface area contributed by atoms with E-state index in [9.17, 15) is 13.2 Å². The summed E-state index contributed by atoms with van der Waals surface area (Å²) in [4.78, 5) is 0. The van der Waals surface area contributed by atoms with E-state index in [0.29, 0.717) is 0 Å². The molecular formula is C6H7F3N2O. The fraction of sp³-hybridized carbons (Fsp3) is 0.333. The Morgan fingerprint density at radius 2 is 1.92 bits per heavy atom. The van der Waals surface area contributed by atoms with Gasteiger partial charge in [-0.05, 0) is 0 Å². The lowest BCUT2D eigenvalue weighted by Crippen LogP contribution is -2.28. The molecular weight excluding hydrogens is 173 g/mol. The van der Waals surface area contributed by atoms with Gasteiger partial charge in [0.1, 0.15) is 12.3 Å². The number of nitrogen functional groups attached to an aromatic ring is 1. The van der Waals surface area contributed by atoms with Crippen molar-refractivity contribution >= 4 is 5.69 Å².